The minimum Gasteiger partial charge on any atom is -0.317 e. The fraction of sp³-hybridized carbons (Fsp3) is 0.455. The minimum atomic E-state index is 0.637. The summed E-state index contributed by atoms with van der Waals surface area (Å²) >= 11 is 0. The maximum atomic E-state index is 3.99. The molecule has 1 saturated heterocycles. The molecule has 1 aliphatic heterocycles. The summed E-state index contributed by atoms with van der Waals surface area (Å²) in [7, 11) is 0. The average Bonchev–Trinajstić information content (AvgIpc) is 2.42. The van der Waals surface area contributed by atoms with Crippen LogP contribution in [-0.4, -0.2) is 33.0 Å². The molecule has 2 aromatic heterocycles. The third-order valence-electron chi connectivity index (χ3n) is 2.36. The molecule has 0 bridgehead atoms. The molecule has 5 nitrogen and oxygen atoms in total. The second-order valence-electron chi connectivity index (χ2n) is 3.60. The lowest BCUT2D eigenvalue weighted by molar-refractivity contribution is 0.520. The van der Waals surface area contributed by atoms with Gasteiger partial charge in [0.15, 0.2) is 5.65 Å². The van der Waals surface area contributed by atoms with Gasteiger partial charge in [-0.2, -0.15) is 0 Å². The normalized spacial score (nSPS) is 15.2. The highest BCUT2D eigenvalue weighted by Crippen LogP contribution is 1.98. The molecule has 1 fully saturated rings. The average molecular weight is 217 g/mol. The van der Waals surface area contributed by atoms with Crippen LogP contribution in [0.25, 0.3) is 11.2 Å². The number of hydrogen-bond donors (Lipinski definition) is 1. The maximum absolute atomic E-state index is 3.99. The Bertz CT molecular complexity index is 350. The lowest BCUT2D eigenvalue weighted by Gasteiger charge is -2.08. The van der Waals surface area contributed by atoms with Gasteiger partial charge in [-0.1, -0.05) is 6.42 Å². The summed E-state index contributed by atoms with van der Waals surface area (Å²) in [5.41, 5.74) is 1.36. The van der Waals surface area contributed by atoms with Crippen LogP contribution in [-0.2, 0) is 0 Å². The van der Waals surface area contributed by atoms with Crippen LogP contribution in [0.15, 0.2) is 24.9 Å². The number of piperidine rings is 1. The number of hydrogen-bond acceptors (Lipinski definition) is 5. The first kappa shape index (κ1) is 10.9. The molecule has 0 saturated carbocycles. The van der Waals surface area contributed by atoms with E-state index in [2.05, 4.69) is 25.3 Å². The molecule has 3 heterocycles. The van der Waals surface area contributed by atoms with Crippen molar-refractivity contribution in [1.82, 2.24) is 25.3 Å². The van der Waals surface area contributed by atoms with E-state index < -0.39 is 0 Å². The molecule has 0 amide bonds. The number of nitrogens with one attached hydrogen (secondary N) is 1. The lowest BCUT2D eigenvalue weighted by Crippen LogP contribution is -2.21. The van der Waals surface area contributed by atoms with Crippen LogP contribution < -0.4 is 5.32 Å². The number of rotatable bonds is 0. The molecule has 84 valence electrons. The van der Waals surface area contributed by atoms with Crippen LogP contribution >= 0.6 is 0 Å². The van der Waals surface area contributed by atoms with Gasteiger partial charge >= 0.3 is 0 Å². The molecule has 0 atom stereocenters. The SMILES string of the molecule is C1CCNCC1.c1cnc2ncncc2n1. The van der Waals surface area contributed by atoms with Crippen molar-refractivity contribution in [2.75, 3.05) is 13.1 Å². The lowest BCUT2D eigenvalue weighted by atomic mass is 10.2. The summed E-state index contributed by atoms with van der Waals surface area (Å²) in [6.45, 7) is 2.50. The molecular weight excluding hydrogens is 202 g/mol. The molecule has 0 spiro atoms. The van der Waals surface area contributed by atoms with Gasteiger partial charge in [0.05, 0.1) is 6.20 Å². The van der Waals surface area contributed by atoms with Crippen molar-refractivity contribution in [3.8, 4) is 0 Å². The van der Waals surface area contributed by atoms with E-state index in [0.29, 0.717) is 5.65 Å². The molecule has 2 aromatic rings. The predicted molar refractivity (Wildman–Crippen MR) is 61.8 cm³/mol. The summed E-state index contributed by atoms with van der Waals surface area (Å²) < 4.78 is 0. The van der Waals surface area contributed by atoms with E-state index in [1.807, 2.05) is 0 Å². The molecule has 1 N–H and O–H groups in total. The molecule has 0 aliphatic carbocycles. The zero-order valence-corrected chi connectivity index (χ0v) is 9.13. The van der Waals surface area contributed by atoms with Gasteiger partial charge in [0.25, 0.3) is 0 Å². The predicted octanol–water partition coefficient (Wildman–Crippen LogP) is 1.18. The second kappa shape index (κ2) is 6.07. The topological polar surface area (TPSA) is 63.6 Å². The summed E-state index contributed by atoms with van der Waals surface area (Å²) in [5.74, 6) is 0. The highest BCUT2D eigenvalue weighted by Gasteiger charge is 1.93. The summed E-state index contributed by atoms with van der Waals surface area (Å²) in [4.78, 5) is 15.7. The Hall–Kier alpha value is -1.62. The van der Waals surface area contributed by atoms with E-state index in [1.165, 1.54) is 38.7 Å². The van der Waals surface area contributed by atoms with Gasteiger partial charge in [0.1, 0.15) is 11.8 Å². The molecule has 0 aromatic carbocycles. The fourth-order valence-electron chi connectivity index (χ4n) is 1.53. The number of fused-ring (bicyclic) bond motifs is 1. The monoisotopic (exact) mass is 217 g/mol. The first-order valence-corrected chi connectivity index (χ1v) is 5.54. The minimum absolute atomic E-state index is 0.637. The van der Waals surface area contributed by atoms with Crippen LogP contribution in [0.5, 0.6) is 0 Å². The van der Waals surface area contributed by atoms with Crippen molar-refractivity contribution in [3.05, 3.63) is 24.9 Å². The third kappa shape index (κ3) is 3.20. The van der Waals surface area contributed by atoms with Crippen LogP contribution in [0, 0.1) is 0 Å². The van der Waals surface area contributed by atoms with Gasteiger partial charge in [0.2, 0.25) is 0 Å². The Kier molecular flexibility index (Phi) is 4.13. The Morgan fingerprint density at radius 1 is 0.938 bits per heavy atom. The van der Waals surface area contributed by atoms with Crippen LogP contribution in [0.1, 0.15) is 19.3 Å². The van der Waals surface area contributed by atoms with Crippen molar-refractivity contribution in [3.63, 3.8) is 0 Å². The summed E-state index contributed by atoms with van der Waals surface area (Å²) in [6, 6.07) is 0. The Morgan fingerprint density at radius 2 is 1.75 bits per heavy atom. The van der Waals surface area contributed by atoms with E-state index in [1.54, 1.807) is 18.6 Å². The highest BCUT2D eigenvalue weighted by molar-refractivity contribution is 5.66. The van der Waals surface area contributed by atoms with E-state index in [-0.39, 0.29) is 0 Å². The van der Waals surface area contributed by atoms with Crippen molar-refractivity contribution < 1.29 is 0 Å². The Morgan fingerprint density at radius 3 is 2.38 bits per heavy atom. The third-order valence-corrected chi connectivity index (χ3v) is 2.36. The van der Waals surface area contributed by atoms with Gasteiger partial charge in [0, 0.05) is 12.4 Å². The van der Waals surface area contributed by atoms with E-state index in [9.17, 15) is 0 Å². The summed E-state index contributed by atoms with van der Waals surface area (Å²) in [6.07, 6.45) is 10.5. The zero-order chi connectivity index (χ0) is 11.1. The van der Waals surface area contributed by atoms with E-state index in [0.717, 1.165) is 5.52 Å². The largest absolute Gasteiger partial charge is 0.317 e. The van der Waals surface area contributed by atoms with E-state index >= 15 is 0 Å². The fourth-order valence-corrected chi connectivity index (χ4v) is 1.53. The zero-order valence-electron chi connectivity index (χ0n) is 9.13. The smallest absolute Gasteiger partial charge is 0.181 e. The van der Waals surface area contributed by atoms with Crippen LogP contribution in [0.3, 0.4) is 0 Å². The van der Waals surface area contributed by atoms with Gasteiger partial charge in [-0.15, -0.1) is 0 Å². The molecule has 16 heavy (non-hydrogen) atoms. The number of nitrogens with zero attached hydrogens (tertiary/aromatic N) is 4. The molecule has 0 unspecified atom stereocenters. The first-order valence-electron chi connectivity index (χ1n) is 5.54. The molecular formula is C11H15N5. The molecule has 0 radical (unpaired) electrons. The quantitative estimate of drug-likeness (QED) is 0.718. The Balaban J connectivity index is 0.000000138. The standard InChI is InChI=1S/C6H4N4.C5H11N/c1-2-9-6-5(8-1)3-7-4-10-6;1-2-4-6-5-3-1/h1-4H;6H,1-5H2. The van der Waals surface area contributed by atoms with Crippen molar-refractivity contribution in [2.24, 2.45) is 0 Å². The van der Waals surface area contributed by atoms with Crippen molar-refractivity contribution in [2.45, 2.75) is 19.3 Å². The van der Waals surface area contributed by atoms with Crippen LogP contribution in [0.2, 0.25) is 0 Å². The van der Waals surface area contributed by atoms with Gasteiger partial charge in [-0.05, 0) is 25.9 Å². The first-order chi connectivity index (χ1) is 7.97. The number of aromatic nitrogens is 4. The molecule has 5 heteroatoms. The van der Waals surface area contributed by atoms with Crippen LogP contribution in [0.4, 0.5) is 0 Å². The van der Waals surface area contributed by atoms with E-state index in [4.69, 9.17) is 0 Å². The van der Waals surface area contributed by atoms with Gasteiger partial charge in [-0.3, -0.25) is 0 Å². The molecule has 3 rings (SSSR count). The van der Waals surface area contributed by atoms with Gasteiger partial charge in [-0.25, -0.2) is 19.9 Å². The van der Waals surface area contributed by atoms with Crippen molar-refractivity contribution in [1.29, 1.82) is 0 Å². The molecule has 1 aliphatic rings. The van der Waals surface area contributed by atoms with Gasteiger partial charge < -0.3 is 5.32 Å². The second-order valence-corrected chi connectivity index (χ2v) is 3.60. The highest BCUT2D eigenvalue weighted by atomic mass is 14.9. The van der Waals surface area contributed by atoms with Crippen molar-refractivity contribution >= 4 is 11.2 Å². The maximum Gasteiger partial charge on any atom is 0.181 e. The Labute approximate surface area is 94.4 Å². The summed E-state index contributed by atoms with van der Waals surface area (Å²) in [5, 5.41) is 3.28.